The molecule has 0 aliphatic rings. The Morgan fingerprint density at radius 3 is 2.75 bits per heavy atom. The molecular formula is C16H24ClN3. The van der Waals surface area contributed by atoms with Crippen molar-refractivity contribution in [3.05, 3.63) is 30.1 Å². The van der Waals surface area contributed by atoms with Crippen LogP contribution in [0.4, 0.5) is 5.82 Å². The van der Waals surface area contributed by atoms with Crippen molar-refractivity contribution in [2.24, 2.45) is 0 Å². The van der Waals surface area contributed by atoms with Gasteiger partial charge in [-0.25, -0.2) is 4.98 Å². The lowest BCUT2D eigenvalue weighted by molar-refractivity contribution is 0.619. The van der Waals surface area contributed by atoms with E-state index in [2.05, 4.69) is 30.1 Å². The molecule has 3 nitrogen and oxygen atoms in total. The van der Waals surface area contributed by atoms with Crippen LogP contribution in [0.1, 0.15) is 45.7 Å². The Balaban J connectivity index is 2.36. The fourth-order valence-corrected chi connectivity index (χ4v) is 2.78. The lowest BCUT2D eigenvalue weighted by Crippen LogP contribution is -2.32. The molecule has 0 saturated carbocycles. The summed E-state index contributed by atoms with van der Waals surface area (Å²) in [5.74, 6) is 1.52. The zero-order chi connectivity index (χ0) is 14.5. The third kappa shape index (κ3) is 3.09. The molecule has 2 aromatic rings. The second-order valence-corrected chi connectivity index (χ2v) is 5.71. The van der Waals surface area contributed by atoms with E-state index in [1.54, 1.807) is 0 Å². The summed E-state index contributed by atoms with van der Waals surface area (Å²) in [4.78, 5) is 7.16. The summed E-state index contributed by atoms with van der Waals surface area (Å²) < 4.78 is 2.09. The summed E-state index contributed by atoms with van der Waals surface area (Å²) in [5.41, 5.74) is 2.06. The second kappa shape index (κ2) is 6.98. The van der Waals surface area contributed by atoms with Crippen LogP contribution < -0.4 is 4.90 Å². The van der Waals surface area contributed by atoms with Crippen molar-refractivity contribution in [2.75, 3.05) is 11.4 Å². The summed E-state index contributed by atoms with van der Waals surface area (Å²) in [6.45, 7) is 7.70. The SMILES string of the molecule is CCCCCN(c1nc2ccccn2c1CCl)C(C)C. The zero-order valence-electron chi connectivity index (χ0n) is 12.6. The van der Waals surface area contributed by atoms with Crippen LogP contribution in [0.25, 0.3) is 5.65 Å². The van der Waals surface area contributed by atoms with Gasteiger partial charge in [0, 0.05) is 18.8 Å². The zero-order valence-corrected chi connectivity index (χ0v) is 13.4. The van der Waals surface area contributed by atoms with Gasteiger partial charge in [-0.3, -0.25) is 0 Å². The molecule has 0 N–H and O–H groups in total. The van der Waals surface area contributed by atoms with Crippen LogP contribution >= 0.6 is 11.6 Å². The molecule has 0 bridgehead atoms. The molecule has 0 radical (unpaired) electrons. The Hall–Kier alpha value is -1.22. The van der Waals surface area contributed by atoms with Gasteiger partial charge < -0.3 is 9.30 Å². The standard InChI is InChI=1S/C16H24ClN3/c1-4-5-7-10-19(13(2)3)16-14(12-17)20-11-8-6-9-15(20)18-16/h6,8-9,11,13H,4-5,7,10,12H2,1-3H3. The minimum atomic E-state index is 0.429. The second-order valence-electron chi connectivity index (χ2n) is 5.44. The number of rotatable bonds is 7. The monoisotopic (exact) mass is 293 g/mol. The third-order valence-electron chi connectivity index (χ3n) is 3.63. The predicted octanol–water partition coefficient (Wildman–Crippen LogP) is 4.48. The van der Waals surface area contributed by atoms with Crippen molar-refractivity contribution in [3.63, 3.8) is 0 Å². The Kier molecular flexibility index (Phi) is 5.30. The van der Waals surface area contributed by atoms with Gasteiger partial charge in [0.05, 0.1) is 11.6 Å². The van der Waals surface area contributed by atoms with Gasteiger partial charge in [0.15, 0.2) is 5.82 Å². The quantitative estimate of drug-likeness (QED) is 0.554. The fourth-order valence-electron chi connectivity index (χ4n) is 2.53. The summed E-state index contributed by atoms with van der Waals surface area (Å²) in [6.07, 6.45) is 5.73. The molecular weight excluding hydrogens is 270 g/mol. The Morgan fingerprint density at radius 1 is 1.30 bits per heavy atom. The maximum Gasteiger partial charge on any atom is 0.152 e. The van der Waals surface area contributed by atoms with Crippen LogP contribution in [0.3, 0.4) is 0 Å². The average Bonchev–Trinajstić information content (AvgIpc) is 2.81. The Morgan fingerprint density at radius 2 is 2.10 bits per heavy atom. The molecule has 2 aromatic heterocycles. The summed E-state index contributed by atoms with van der Waals surface area (Å²) in [6, 6.07) is 6.50. The van der Waals surface area contributed by atoms with Crippen molar-refractivity contribution >= 4 is 23.1 Å². The molecule has 0 unspecified atom stereocenters. The van der Waals surface area contributed by atoms with Gasteiger partial charge in [0.25, 0.3) is 0 Å². The van der Waals surface area contributed by atoms with E-state index in [4.69, 9.17) is 16.6 Å². The number of pyridine rings is 1. The maximum atomic E-state index is 6.17. The van der Waals surface area contributed by atoms with Crippen LogP contribution in [0, 0.1) is 0 Å². The number of fused-ring (bicyclic) bond motifs is 1. The number of imidazole rings is 1. The minimum Gasteiger partial charge on any atom is -0.353 e. The average molecular weight is 294 g/mol. The first-order valence-corrected chi connectivity index (χ1v) is 8.01. The first-order valence-electron chi connectivity index (χ1n) is 7.47. The predicted molar refractivity (Wildman–Crippen MR) is 86.8 cm³/mol. The summed E-state index contributed by atoms with van der Waals surface area (Å²) in [7, 11) is 0. The summed E-state index contributed by atoms with van der Waals surface area (Å²) in [5, 5.41) is 0. The third-order valence-corrected chi connectivity index (χ3v) is 3.89. The number of alkyl halides is 1. The van der Waals surface area contributed by atoms with E-state index in [1.165, 1.54) is 19.3 Å². The molecule has 110 valence electrons. The molecule has 0 fully saturated rings. The molecule has 0 aromatic carbocycles. The molecule has 0 atom stereocenters. The fraction of sp³-hybridized carbons (Fsp3) is 0.562. The van der Waals surface area contributed by atoms with Crippen LogP contribution in [0.5, 0.6) is 0 Å². The minimum absolute atomic E-state index is 0.429. The van der Waals surface area contributed by atoms with Gasteiger partial charge in [-0.15, -0.1) is 11.6 Å². The van der Waals surface area contributed by atoms with Crippen LogP contribution in [-0.2, 0) is 5.88 Å². The van der Waals surface area contributed by atoms with Gasteiger partial charge in [-0.1, -0.05) is 25.8 Å². The van der Waals surface area contributed by atoms with Crippen molar-refractivity contribution in [1.29, 1.82) is 0 Å². The number of halogens is 1. The molecule has 0 aliphatic heterocycles. The van der Waals surface area contributed by atoms with E-state index in [9.17, 15) is 0 Å². The van der Waals surface area contributed by atoms with E-state index in [0.29, 0.717) is 11.9 Å². The molecule has 0 saturated heterocycles. The van der Waals surface area contributed by atoms with Gasteiger partial charge in [0.2, 0.25) is 0 Å². The van der Waals surface area contributed by atoms with Gasteiger partial charge in [-0.2, -0.15) is 0 Å². The first kappa shape index (κ1) is 15.2. The highest BCUT2D eigenvalue weighted by Gasteiger charge is 2.19. The van der Waals surface area contributed by atoms with E-state index in [-0.39, 0.29) is 0 Å². The number of hydrogen-bond acceptors (Lipinski definition) is 2. The molecule has 4 heteroatoms. The smallest absolute Gasteiger partial charge is 0.152 e. The lowest BCUT2D eigenvalue weighted by atomic mass is 10.2. The van der Waals surface area contributed by atoms with Gasteiger partial charge in [0.1, 0.15) is 5.65 Å². The lowest BCUT2D eigenvalue weighted by Gasteiger charge is -2.27. The molecule has 0 aliphatic carbocycles. The first-order chi connectivity index (χ1) is 9.69. The normalized spacial score (nSPS) is 11.4. The highest BCUT2D eigenvalue weighted by atomic mass is 35.5. The maximum absolute atomic E-state index is 6.17. The molecule has 0 spiro atoms. The Labute approximate surface area is 126 Å². The Bertz CT molecular complexity index is 548. The highest BCUT2D eigenvalue weighted by molar-refractivity contribution is 6.17. The van der Waals surface area contributed by atoms with E-state index >= 15 is 0 Å². The van der Waals surface area contributed by atoms with E-state index in [0.717, 1.165) is 23.7 Å². The van der Waals surface area contributed by atoms with Gasteiger partial charge >= 0.3 is 0 Å². The van der Waals surface area contributed by atoms with Crippen LogP contribution in [0.15, 0.2) is 24.4 Å². The number of unbranched alkanes of at least 4 members (excludes halogenated alkanes) is 2. The van der Waals surface area contributed by atoms with Crippen molar-refractivity contribution < 1.29 is 0 Å². The summed E-state index contributed by atoms with van der Waals surface area (Å²) >= 11 is 6.17. The number of anilines is 1. The topological polar surface area (TPSA) is 20.5 Å². The number of hydrogen-bond donors (Lipinski definition) is 0. The molecule has 2 heterocycles. The van der Waals surface area contributed by atoms with Crippen LogP contribution in [-0.4, -0.2) is 22.0 Å². The van der Waals surface area contributed by atoms with Crippen molar-refractivity contribution in [3.8, 4) is 0 Å². The number of nitrogens with zero attached hydrogens (tertiary/aromatic N) is 3. The van der Waals surface area contributed by atoms with E-state index < -0.39 is 0 Å². The van der Waals surface area contributed by atoms with E-state index in [1.807, 2.05) is 24.4 Å². The number of aromatic nitrogens is 2. The molecule has 20 heavy (non-hydrogen) atoms. The van der Waals surface area contributed by atoms with Gasteiger partial charge in [-0.05, 0) is 32.4 Å². The van der Waals surface area contributed by atoms with Crippen molar-refractivity contribution in [1.82, 2.24) is 9.38 Å². The largest absolute Gasteiger partial charge is 0.353 e. The highest BCUT2D eigenvalue weighted by Crippen LogP contribution is 2.25. The molecule has 0 amide bonds. The van der Waals surface area contributed by atoms with Crippen LogP contribution in [0.2, 0.25) is 0 Å². The molecule has 2 rings (SSSR count). The van der Waals surface area contributed by atoms with Crippen molar-refractivity contribution in [2.45, 2.75) is 52.0 Å².